The first-order valence-electron chi connectivity index (χ1n) is 12.1. The third-order valence-corrected chi connectivity index (χ3v) is 5.70. The zero-order chi connectivity index (χ0) is 21.2. The Labute approximate surface area is 178 Å². The van der Waals surface area contributed by atoms with Crippen LogP contribution in [-0.4, -0.2) is 59.6 Å². The van der Waals surface area contributed by atoms with Crippen molar-refractivity contribution in [2.24, 2.45) is 0 Å². The molecule has 29 heavy (non-hydrogen) atoms. The van der Waals surface area contributed by atoms with Gasteiger partial charge in [0.1, 0.15) is 24.4 Å². The molecule has 4 atom stereocenters. The van der Waals surface area contributed by atoms with Crippen molar-refractivity contribution in [2.75, 3.05) is 19.8 Å². The van der Waals surface area contributed by atoms with E-state index in [-0.39, 0.29) is 13.2 Å². The minimum atomic E-state index is -1.00. The van der Waals surface area contributed by atoms with Crippen molar-refractivity contribution < 1.29 is 24.8 Å². The molecule has 5 nitrogen and oxygen atoms in total. The fourth-order valence-electron chi connectivity index (χ4n) is 3.83. The van der Waals surface area contributed by atoms with Crippen LogP contribution in [0, 0.1) is 0 Å². The van der Waals surface area contributed by atoms with Crippen molar-refractivity contribution in [3.63, 3.8) is 0 Å². The third kappa shape index (κ3) is 12.7. The number of hydrogen-bond donors (Lipinski definition) is 3. The van der Waals surface area contributed by atoms with Gasteiger partial charge in [-0.25, -0.2) is 0 Å². The maximum absolute atomic E-state index is 9.89. The first-order chi connectivity index (χ1) is 14.2. The second-order valence-electron chi connectivity index (χ2n) is 8.39. The number of allylic oxidation sites excluding steroid dienone is 2. The Morgan fingerprint density at radius 3 is 2.03 bits per heavy atom. The Morgan fingerprint density at radius 2 is 1.45 bits per heavy atom. The van der Waals surface area contributed by atoms with Gasteiger partial charge in [-0.2, -0.15) is 0 Å². The molecule has 1 rings (SSSR count). The van der Waals surface area contributed by atoms with Crippen LogP contribution in [0.2, 0.25) is 0 Å². The van der Waals surface area contributed by atoms with Gasteiger partial charge in [-0.05, 0) is 32.1 Å². The highest BCUT2D eigenvalue weighted by Gasteiger charge is 2.40. The minimum Gasteiger partial charge on any atom is -0.394 e. The molecule has 3 N–H and O–H groups in total. The van der Waals surface area contributed by atoms with Gasteiger partial charge in [0.05, 0.1) is 13.2 Å². The quantitative estimate of drug-likeness (QED) is 0.214. The predicted molar refractivity (Wildman–Crippen MR) is 118 cm³/mol. The first-order valence-corrected chi connectivity index (χ1v) is 12.1. The Bertz CT molecular complexity index is 387. The molecular weight excluding hydrogens is 368 g/mol. The largest absolute Gasteiger partial charge is 0.394 e. The van der Waals surface area contributed by atoms with Crippen LogP contribution in [0.15, 0.2) is 12.2 Å². The lowest BCUT2D eigenvalue weighted by molar-refractivity contribution is -0.0938. The molecule has 0 amide bonds. The van der Waals surface area contributed by atoms with E-state index in [2.05, 4.69) is 19.1 Å². The van der Waals surface area contributed by atoms with Gasteiger partial charge in [0.2, 0.25) is 0 Å². The van der Waals surface area contributed by atoms with E-state index in [4.69, 9.17) is 14.6 Å². The molecule has 0 bridgehead atoms. The lowest BCUT2D eigenvalue weighted by atomic mass is 10.1. The Hall–Kier alpha value is -0.460. The van der Waals surface area contributed by atoms with Crippen LogP contribution in [0.4, 0.5) is 0 Å². The maximum atomic E-state index is 9.89. The summed E-state index contributed by atoms with van der Waals surface area (Å²) in [6, 6.07) is 0. The Kier molecular flexibility index (Phi) is 16.8. The van der Waals surface area contributed by atoms with Crippen LogP contribution in [0.5, 0.6) is 0 Å². The molecule has 0 aromatic rings. The summed E-state index contributed by atoms with van der Waals surface area (Å²) in [7, 11) is 0. The smallest absolute Gasteiger partial charge is 0.114 e. The van der Waals surface area contributed by atoms with Crippen LogP contribution in [0.25, 0.3) is 0 Å². The molecule has 0 unspecified atom stereocenters. The lowest BCUT2D eigenvalue weighted by Gasteiger charge is -2.23. The number of aliphatic hydroxyl groups excluding tert-OH is 3. The van der Waals surface area contributed by atoms with Crippen LogP contribution in [0.1, 0.15) is 96.8 Å². The Balaban J connectivity index is 1.85. The topological polar surface area (TPSA) is 79.2 Å². The second kappa shape index (κ2) is 18.3. The van der Waals surface area contributed by atoms with Crippen molar-refractivity contribution in [3.8, 4) is 0 Å². The van der Waals surface area contributed by atoms with E-state index in [9.17, 15) is 10.2 Å². The van der Waals surface area contributed by atoms with Gasteiger partial charge in [-0.3, -0.25) is 0 Å². The van der Waals surface area contributed by atoms with Gasteiger partial charge >= 0.3 is 0 Å². The zero-order valence-corrected chi connectivity index (χ0v) is 18.6. The fraction of sp³-hybridized carbons (Fsp3) is 0.917. The summed E-state index contributed by atoms with van der Waals surface area (Å²) < 4.78 is 11.0. The standard InChI is InChI=1S/C24H46O5/c1-2-3-4-5-6-7-8-9-10-11-12-13-14-15-16-17-18-28-24-22(27)20-29-23(24)21(26)19-25/h6-7,21-27H,2-5,8-20H2,1H3/b7-6+/t21-,22+,23-,24-/m1/s1. The highest BCUT2D eigenvalue weighted by atomic mass is 16.6. The van der Waals surface area contributed by atoms with Crippen LogP contribution in [-0.2, 0) is 9.47 Å². The molecule has 1 heterocycles. The molecule has 172 valence electrons. The van der Waals surface area contributed by atoms with E-state index in [1.54, 1.807) is 0 Å². The van der Waals surface area contributed by atoms with Crippen molar-refractivity contribution in [2.45, 2.75) is 121 Å². The molecule has 5 heteroatoms. The van der Waals surface area contributed by atoms with Crippen molar-refractivity contribution in [3.05, 3.63) is 12.2 Å². The molecule has 1 fully saturated rings. The average Bonchev–Trinajstić information content (AvgIpc) is 3.10. The van der Waals surface area contributed by atoms with Crippen molar-refractivity contribution >= 4 is 0 Å². The molecule has 1 saturated heterocycles. The predicted octanol–water partition coefficient (Wildman–Crippen LogP) is 4.52. The first kappa shape index (κ1) is 26.6. The normalized spacial score (nSPS) is 23.2. The Morgan fingerprint density at radius 1 is 0.897 bits per heavy atom. The van der Waals surface area contributed by atoms with Gasteiger partial charge in [-0.1, -0.05) is 76.9 Å². The minimum absolute atomic E-state index is 0.154. The summed E-state index contributed by atoms with van der Waals surface area (Å²) in [4.78, 5) is 0. The van der Waals surface area contributed by atoms with E-state index >= 15 is 0 Å². The number of aliphatic hydroxyl groups is 3. The van der Waals surface area contributed by atoms with Gasteiger partial charge in [0.15, 0.2) is 0 Å². The number of unbranched alkanes of at least 4 members (excludes halogenated alkanes) is 12. The fourth-order valence-corrected chi connectivity index (χ4v) is 3.83. The van der Waals surface area contributed by atoms with E-state index in [0.717, 1.165) is 12.8 Å². The van der Waals surface area contributed by atoms with Gasteiger partial charge in [-0.15, -0.1) is 0 Å². The summed E-state index contributed by atoms with van der Waals surface area (Å²) in [6.07, 6.45) is 19.5. The van der Waals surface area contributed by atoms with E-state index in [0.29, 0.717) is 6.61 Å². The van der Waals surface area contributed by atoms with Gasteiger partial charge < -0.3 is 24.8 Å². The van der Waals surface area contributed by atoms with Crippen LogP contribution >= 0.6 is 0 Å². The number of rotatable bonds is 19. The van der Waals surface area contributed by atoms with Crippen LogP contribution in [0.3, 0.4) is 0 Å². The van der Waals surface area contributed by atoms with Crippen LogP contribution < -0.4 is 0 Å². The van der Waals surface area contributed by atoms with Gasteiger partial charge in [0, 0.05) is 6.61 Å². The highest BCUT2D eigenvalue weighted by Crippen LogP contribution is 2.21. The molecule has 0 aromatic carbocycles. The summed E-state index contributed by atoms with van der Waals surface area (Å²) in [5.41, 5.74) is 0. The zero-order valence-electron chi connectivity index (χ0n) is 18.6. The molecule has 0 radical (unpaired) electrons. The monoisotopic (exact) mass is 414 g/mol. The summed E-state index contributed by atoms with van der Waals surface area (Å²) >= 11 is 0. The van der Waals surface area contributed by atoms with Crippen molar-refractivity contribution in [1.29, 1.82) is 0 Å². The SMILES string of the molecule is CCCCC/C=C/CCCCCCCCCCCO[C@H]1[C@@H]([C@H](O)CO)OC[C@@H]1O. The number of hydrogen-bond acceptors (Lipinski definition) is 5. The molecule has 0 spiro atoms. The van der Waals surface area contributed by atoms with Crippen molar-refractivity contribution in [1.82, 2.24) is 0 Å². The lowest BCUT2D eigenvalue weighted by Crippen LogP contribution is -2.42. The molecule has 1 aliphatic heterocycles. The van der Waals surface area contributed by atoms with E-state index in [1.807, 2.05) is 0 Å². The highest BCUT2D eigenvalue weighted by molar-refractivity contribution is 4.89. The molecule has 0 saturated carbocycles. The van der Waals surface area contributed by atoms with Gasteiger partial charge in [0.25, 0.3) is 0 Å². The third-order valence-electron chi connectivity index (χ3n) is 5.70. The average molecular weight is 415 g/mol. The second-order valence-corrected chi connectivity index (χ2v) is 8.39. The molecular formula is C24H46O5. The summed E-state index contributed by atoms with van der Waals surface area (Å²) in [6.45, 7) is 2.58. The van der Waals surface area contributed by atoms with E-state index < -0.39 is 24.4 Å². The van der Waals surface area contributed by atoms with E-state index in [1.165, 1.54) is 77.0 Å². The summed E-state index contributed by atoms with van der Waals surface area (Å²) in [5.74, 6) is 0. The molecule has 1 aliphatic rings. The maximum Gasteiger partial charge on any atom is 0.114 e. The molecule has 0 aliphatic carbocycles. The number of ether oxygens (including phenoxy) is 2. The summed E-state index contributed by atoms with van der Waals surface area (Å²) in [5, 5.41) is 28.7. The molecule has 0 aromatic heterocycles.